The maximum atomic E-state index is 13.1. The molecule has 0 saturated heterocycles. The predicted molar refractivity (Wildman–Crippen MR) is 56.9 cm³/mol. The first-order valence-corrected chi connectivity index (χ1v) is 5.03. The van der Waals surface area contributed by atoms with E-state index in [0.717, 1.165) is 12.1 Å². The van der Waals surface area contributed by atoms with E-state index in [4.69, 9.17) is 5.73 Å². The number of H-pyrrole nitrogens is 1. The fourth-order valence-corrected chi connectivity index (χ4v) is 1.52. The van der Waals surface area contributed by atoms with Gasteiger partial charge in [0, 0.05) is 17.8 Å². The molecule has 0 unspecified atom stereocenters. The zero-order valence-corrected chi connectivity index (χ0v) is 9.05. The van der Waals surface area contributed by atoms with Crippen LogP contribution in [0.25, 0.3) is 11.3 Å². The molecule has 0 fully saturated rings. The lowest BCUT2D eigenvalue weighted by Gasteiger charge is -2.08. The predicted octanol–water partition coefficient (Wildman–Crippen LogP) is 2.69. The number of hydrogen-bond donors (Lipinski definition) is 2. The highest BCUT2D eigenvalue weighted by atomic mass is 19.4. The van der Waals surface area contributed by atoms with Crippen molar-refractivity contribution in [2.24, 2.45) is 5.73 Å². The van der Waals surface area contributed by atoms with Gasteiger partial charge in [-0.15, -0.1) is 0 Å². The lowest BCUT2D eigenvalue weighted by Crippen LogP contribution is -2.08. The molecule has 1 aromatic carbocycles. The molecule has 0 aliphatic rings. The third kappa shape index (κ3) is 2.35. The number of hydrogen-bond acceptors (Lipinski definition) is 2. The van der Waals surface area contributed by atoms with Crippen LogP contribution in [0.2, 0.25) is 0 Å². The van der Waals surface area contributed by atoms with Gasteiger partial charge >= 0.3 is 6.18 Å². The quantitative estimate of drug-likeness (QED) is 0.815. The molecule has 0 radical (unpaired) electrons. The number of rotatable bonds is 2. The summed E-state index contributed by atoms with van der Waals surface area (Å²) in [5.74, 6) is -1.30. The normalized spacial score (nSPS) is 11.8. The molecule has 0 spiro atoms. The summed E-state index contributed by atoms with van der Waals surface area (Å²) in [4.78, 5) is 0. The molecule has 1 heterocycles. The molecule has 0 saturated carbocycles. The largest absolute Gasteiger partial charge is 0.419 e. The molecule has 1 aromatic heterocycles. The SMILES string of the molecule is NCc1cc(-c2ccc(F)c(C(F)(F)F)c2)n[nH]1. The van der Waals surface area contributed by atoms with Crippen molar-refractivity contribution in [1.29, 1.82) is 0 Å². The van der Waals surface area contributed by atoms with Crippen LogP contribution in [0.3, 0.4) is 0 Å². The monoisotopic (exact) mass is 259 g/mol. The average Bonchev–Trinajstić information content (AvgIpc) is 2.76. The Morgan fingerprint density at radius 3 is 2.50 bits per heavy atom. The second-order valence-electron chi connectivity index (χ2n) is 3.67. The number of benzene rings is 1. The maximum absolute atomic E-state index is 13.1. The minimum Gasteiger partial charge on any atom is -0.325 e. The maximum Gasteiger partial charge on any atom is 0.419 e. The number of nitrogens with two attached hydrogens (primary N) is 1. The van der Waals surface area contributed by atoms with E-state index in [2.05, 4.69) is 10.2 Å². The summed E-state index contributed by atoms with van der Waals surface area (Å²) in [7, 11) is 0. The van der Waals surface area contributed by atoms with Gasteiger partial charge in [-0.25, -0.2) is 4.39 Å². The fraction of sp³-hybridized carbons (Fsp3) is 0.182. The van der Waals surface area contributed by atoms with Crippen molar-refractivity contribution in [3.05, 3.63) is 41.3 Å². The second kappa shape index (κ2) is 4.41. The smallest absolute Gasteiger partial charge is 0.325 e. The van der Waals surface area contributed by atoms with Gasteiger partial charge in [-0.3, -0.25) is 5.10 Å². The Balaban J connectivity index is 2.47. The third-order valence-corrected chi connectivity index (χ3v) is 2.42. The third-order valence-electron chi connectivity index (χ3n) is 2.42. The molecule has 7 heteroatoms. The van der Waals surface area contributed by atoms with E-state index >= 15 is 0 Å². The van der Waals surface area contributed by atoms with E-state index < -0.39 is 17.6 Å². The van der Waals surface area contributed by atoms with Gasteiger partial charge in [0.05, 0.1) is 11.3 Å². The zero-order chi connectivity index (χ0) is 13.3. The summed E-state index contributed by atoms with van der Waals surface area (Å²) in [6, 6.07) is 4.26. The zero-order valence-electron chi connectivity index (χ0n) is 9.05. The van der Waals surface area contributed by atoms with Crippen LogP contribution >= 0.6 is 0 Å². The van der Waals surface area contributed by atoms with Crippen LogP contribution < -0.4 is 5.73 Å². The Labute approximate surface area is 99.6 Å². The van der Waals surface area contributed by atoms with E-state index in [9.17, 15) is 17.6 Å². The van der Waals surface area contributed by atoms with Crippen LogP contribution in [0.15, 0.2) is 24.3 Å². The fourth-order valence-electron chi connectivity index (χ4n) is 1.52. The highest BCUT2D eigenvalue weighted by molar-refractivity contribution is 5.60. The van der Waals surface area contributed by atoms with Gasteiger partial charge in [0.25, 0.3) is 0 Å². The highest BCUT2D eigenvalue weighted by Gasteiger charge is 2.34. The minimum atomic E-state index is -4.73. The van der Waals surface area contributed by atoms with E-state index in [1.807, 2.05) is 0 Å². The molecule has 0 aliphatic heterocycles. The summed E-state index contributed by atoms with van der Waals surface area (Å²) >= 11 is 0. The van der Waals surface area contributed by atoms with Crippen LogP contribution in [0.4, 0.5) is 17.6 Å². The molecule has 0 atom stereocenters. The first kappa shape index (κ1) is 12.6. The van der Waals surface area contributed by atoms with Crippen molar-refractivity contribution in [1.82, 2.24) is 10.2 Å². The lowest BCUT2D eigenvalue weighted by molar-refractivity contribution is -0.139. The summed E-state index contributed by atoms with van der Waals surface area (Å²) in [6.45, 7) is 0.195. The number of nitrogens with zero attached hydrogens (tertiary/aromatic N) is 1. The standard InChI is InChI=1S/C11H9F4N3/c12-9-2-1-6(3-8(9)11(13,14)15)10-4-7(5-16)17-18-10/h1-4H,5,16H2,(H,17,18). The van der Waals surface area contributed by atoms with Gasteiger partial charge in [-0.1, -0.05) is 0 Å². The van der Waals surface area contributed by atoms with E-state index in [0.29, 0.717) is 11.4 Å². The minimum absolute atomic E-state index is 0.180. The molecule has 3 N–H and O–H groups in total. The Kier molecular flexibility index (Phi) is 3.08. The molecule has 2 aromatic rings. The second-order valence-corrected chi connectivity index (χ2v) is 3.67. The average molecular weight is 259 g/mol. The first-order chi connectivity index (χ1) is 8.41. The van der Waals surface area contributed by atoms with Crippen molar-refractivity contribution >= 4 is 0 Å². The molecule has 18 heavy (non-hydrogen) atoms. The lowest BCUT2D eigenvalue weighted by atomic mass is 10.1. The molecular weight excluding hydrogens is 250 g/mol. The molecule has 0 aliphatic carbocycles. The van der Waals surface area contributed by atoms with Gasteiger partial charge in [0.1, 0.15) is 5.82 Å². The molecule has 0 bridgehead atoms. The van der Waals surface area contributed by atoms with Crippen molar-refractivity contribution < 1.29 is 17.6 Å². The number of alkyl halides is 3. The van der Waals surface area contributed by atoms with Crippen LogP contribution in [0, 0.1) is 5.82 Å². The molecule has 3 nitrogen and oxygen atoms in total. The molecule has 0 amide bonds. The number of aromatic amines is 1. The van der Waals surface area contributed by atoms with Crippen LogP contribution in [-0.2, 0) is 12.7 Å². The van der Waals surface area contributed by atoms with Gasteiger partial charge in [-0.2, -0.15) is 18.3 Å². The molecule has 2 rings (SSSR count). The number of aromatic nitrogens is 2. The Bertz CT molecular complexity index is 560. The number of halogens is 4. The van der Waals surface area contributed by atoms with Crippen molar-refractivity contribution in [2.75, 3.05) is 0 Å². The van der Waals surface area contributed by atoms with E-state index in [1.165, 1.54) is 12.1 Å². The van der Waals surface area contributed by atoms with Gasteiger partial charge < -0.3 is 5.73 Å². The Morgan fingerprint density at radius 2 is 1.94 bits per heavy atom. The summed E-state index contributed by atoms with van der Waals surface area (Å²) in [5.41, 5.74) is 5.10. The topological polar surface area (TPSA) is 54.7 Å². The molecular formula is C11H9F4N3. The van der Waals surface area contributed by atoms with Crippen LogP contribution in [0.1, 0.15) is 11.3 Å². The summed E-state index contributed by atoms with van der Waals surface area (Å²) < 4.78 is 50.7. The van der Waals surface area contributed by atoms with Gasteiger partial charge in [-0.05, 0) is 24.3 Å². The van der Waals surface area contributed by atoms with E-state index in [1.54, 1.807) is 0 Å². The summed E-state index contributed by atoms with van der Waals surface area (Å²) in [5, 5.41) is 6.39. The van der Waals surface area contributed by atoms with Crippen LogP contribution in [-0.4, -0.2) is 10.2 Å². The van der Waals surface area contributed by atoms with Gasteiger partial charge in [0.15, 0.2) is 0 Å². The molecule has 96 valence electrons. The van der Waals surface area contributed by atoms with Crippen molar-refractivity contribution in [3.63, 3.8) is 0 Å². The van der Waals surface area contributed by atoms with Crippen molar-refractivity contribution in [3.8, 4) is 11.3 Å². The first-order valence-electron chi connectivity index (χ1n) is 5.03. The Morgan fingerprint density at radius 1 is 1.22 bits per heavy atom. The Hall–Kier alpha value is -1.89. The van der Waals surface area contributed by atoms with Crippen LogP contribution in [0.5, 0.6) is 0 Å². The number of nitrogens with one attached hydrogen (secondary N) is 1. The van der Waals surface area contributed by atoms with Gasteiger partial charge in [0.2, 0.25) is 0 Å². The van der Waals surface area contributed by atoms with E-state index in [-0.39, 0.29) is 12.1 Å². The highest BCUT2D eigenvalue weighted by Crippen LogP contribution is 2.33. The summed E-state index contributed by atoms with van der Waals surface area (Å²) in [6.07, 6.45) is -4.73. The van der Waals surface area contributed by atoms with Crippen molar-refractivity contribution in [2.45, 2.75) is 12.7 Å².